The normalized spacial score (nSPS) is 22.0. The Hall–Kier alpha value is -3.03. The second-order valence-electron chi connectivity index (χ2n) is 6.86. The van der Waals surface area contributed by atoms with Crippen molar-refractivity contribution in [3.05, 3.63) is 42.2 Å². The van der Waals surface area contributed by atoms with Gasteiger partial charge >= 0.3 is 5.97 Å². The van der Waals surface area contributed by atoms with Crippen molar-refractivity contribution in [3.63, 3.8) is 0 Å². The van der Waals surface area contributed by atoms with Gasteiger partial charge in [-0.25, -0.2) is 4.39 Å². The van der Waals surface area contributed by atoms with Gasteiger partial charge in [0.2, 0.25) is 11.8 Å². The number of halogens is 1. The number of nitrogens with one attached hydrogen (secondary N) is 1. The second kappa shape index (κ2) is 8.33. The van der Waals surface area contributed by atoms with E-state index in [0.29, 0.717) is 18.5 Å². The molecule has 1 aromatic rings. The molecule has 1 saturated heterocycles. The van der Waals surface area contributed by atoms with Crippen LogP contribution in [-0.4, -0.2) is 41.2 Å². The van der Waals surface area contributed by atoms with Gasteiger partial charge in [-0.05, 0) is 44.0 Å². The molecule has 148 valence electrons. The Kier molecular flexibility index (Phi) is 5.87. The Morgan fingerprint density at radius 3 is 2.29 bits per heavy atom. The summed E-state index contributed by atoms with van der Waals surface area (Å²) in [4.78, 5) is 49.9. The smallest absolute Gasteiger partial charge is 0.308 e. The summed E-state index contributed by atoms with van der Waals surface area (Å²) in [7, 11) is 0. The number of likely N-dealkylation sites (tertiary alicyclic amines) is 1. The van der Waals surface area contributed by atoms with Gasteiger partial charge in [0, 0.05) is 12.2 Å². The zero-order valence-electron chi connectivity index (χ0n) is 15.4. The maximum absolute atomic E-state index is 12.9. The van der Waals surface area contributed by atoms with Gasteiger partial charge in [-0.15, -0.1) is 0 Å². The first-order valence-corrected chi connectivity index (χ1v) is 9.13. The quantitative estimate of drug-likeness (QED) is 0.457. The van der Waals surface area contributed by atoms with E-state index in [4.69, 9.17) is 4.74 Å². The van der Waals surface area contributed by atoms with E-state index in [0.717, 1.165) is 4.90 Å². The molecule has 0 aromatic heterocycles. The largest absolute Gasteiger partial charge is 0.452 e. The van der Waals surface area contributed by atoms with Crippen molar-refractivity contribution in [1.82, 2.24) is 4.90 Å². The number of imide groups is 1. The molecule has 1 aliphatic heterocycles. The Bertz CT molecular complexity index is 794. The number of esters is 1. The SMILES string of the molecule is C[C@H](OC(=O)CCN1C(=O)[C@H]2CC=CC[C@H]2C1=O)C(=O)Nc1ccc(F)cc1. The van der Waals surface area contributed by atoms with Crippen molar-refractivity contribution in [2.75, 3.05) is 11.9 Å². The predicted octanol–water partition coefficient (Wildman–Crippen LogP) is 2.04. The van der Waals surface area contributed by atoms with E-state index in [1.54, 1.807) is 0 Å². The molecule has 1 N–H and O–H groups in total. The third-order valence-electron chi connectivity index (χ3n) is 4.93. The van der Waals surface area contributed by atoms with Crippen molar-refractivity contribution in [1.29, 1.82) is 0 Å². The lowest BCUT2D eigenvalue weighted by Crippen LogP contribution is -2.35. The number of hydrogen-bond donors (Lipinski definition) is 1. The van der Waals surface area contributed by atoms with Crippen LogP contribution in [-0.2, 0) is 23.9 Å². The molecule has 1 heterocycles. The third kappa shape index (κ3) is 4.27. The molecule has 0 bridgehead atoms. The summed E-state index contributed by atoms with van der Waals surface area (Å²) in [5.41, 5.74) is 0.374. The van der Waals surface area contributed by atoms with E-state index >= 15 is 0 Å². The molecule has 1 aromatic carbocycles. The highest BCUT2D eigenvalue weighted by Gasteiger charge is 2.47. The number of amides is 3. The lowest BCUT2D eigenvalue weighted by molar-refractivity contribution is -0.154. The highest BCUT2D eigenvalue weighted by Crippen LogP contribution is 2.35. The van der Waals surface area contributed by atoms with E-state index in [2.05, 4.69) is 5.32 Å². The molecule has 3 amide bonds. The summed E-state index contributed by atoms with van der Waals surface area (Å²) in [6.45, 7) is 1.35. The molecular formula is C20H21FN2O5. The number of benzene rings is 1. The van der Waals surface area contributed by atoms with E-state index in [-0.39, 0.29) is 36.6 Å². The monoisotopic (exact) mass is 388 g/mol. The average molecular weight is 388 g/mol. The van der Waals surface area contributed by atoms with Gasteiger partial charge in [-0.1, -0.05) is 12.2 Å². The fourth-order valence-corrected chi connectivity index (χ4v) is 3.38. The Balaban J connectivity index is 1.47. The molecule has 7 nitrogen and oxygen atoms in total. The lowest BCUT2D eigenvalue weighted by atomic mass is 9.85. The number of anilines is 1. The molecule has 0 saturated carbocycles. The molecule has 0 unspecified atom stereocenters. The maximum Gasteiger partial charge on any atom is 0.308 e. The maximum atomic E-state index is 12.9. The predicted molar refractivity (Wildman–Crippen MR) is 97.3 cm³/mol. The van der Waals surface area contributed by atoms with Gasteiger partial charge in [0.1, 0.15) is 5.82 Å². The summed E-state index contributed by atoms with van der Waals surface area (Å²) in [6, 6.07) is 5.17. The van der Waals surface area contributed by atoms with E-state index < -0.39 is 23.8 Å². The molecule has 28 heavy (non-hydrogen) atoms. The third-order valence-corrected chi connectivity index (χ3v) is 4.93. The number of rotatable bonds is 6. The lowest BCUT2D eigenvalue weighted by Gasteiger charge is -2.16. The van der Waals surface area contributed by atoms with E-state index in [1.165, 1.54) is 31.2 Å². The molecule has 0 radical (unpaired) electrons. The van der Waals surface area contributed by atoms with Crippen molar-refractivity contribution in [3.8, 4) is 0 Å². The summed E-state index contributed by atoms with van der Waals surface area (Å²) < 4.78 is 18.0. The molecule has 1 fully saturated rings. The topological polar surface area (TPSA) is 92.8 Å². The summed E-state index contributed by atoms with van der Waals surface area (Å²) >= 11 is 0. The first-order valence-electron chi connectivity index (χ1n) is 9.13. The molecule has 1 aliphatic carbocycles. The number of nitrogens with zero attached hydrogens (tertiary/aromatic N) is 1. The van der Waals surface area contributed by atoms with Gasteiger partial charge in [-0.3, -0.25) is 24.1 Å². The van der Waals surface area contributed by atoms with E-state index in [1.807, 2.05) is 12.2 Å². The molecule has 0 spiro atoms. The van der Waals surface area contributed by atoms with Gasteiger partial charge in [-0.2, -0.15) is 0 Å². The van der Waals surface area contributed by atoms with Crippen molar-refractivity contribution >= 4 is 29.4 Å². The number of carbonyl (C=O) groups excluding carboxylic acids is 4. The van der Waals surface area contributed by atoms with Crippen LogP contribution in [0.2, 0.25) is 0 Å². The van der Waals surface area contributed by atoms with Gasteiger partial charge in [0.05, 0.1) is 18.3 Å². The highest BCUT2D eigenvalue weighted by atomic mass is 19.1. The number of fused-ring (bicyclic) bond motifs is 1. The van der Waals surface area contributed by atoms with Gasteiger partial charge < -0.3 is 10.1 Å². The number of allylic oxidation sites excluding steroid dienone is 2. The molecule has 2 aliphatic rings. The standard InChI is InChI=1S/C20H21FN2O5/c1-12(18(25)22-14-8-6-13(21)7-9-14)28-17(24)10-11-23-19(26)15-4-2-3-5-16(15)20(23)27/h2-3,6-9,12,15-16H,4-5,10-11H2,1H3,(H,22,25)/t12-,15-,16+/m0/s1. The van der Waals surface area contributed by atoms with Crippen LogP contribution >= 0.6 is 0 Å². The Morgan fingerprint density at radius 2 is 1.71 bits per heavy atom. The summed E-state index contributed by atoms with van der Waals surface area (Å²) in [5, 5.41) is 2.51. The van der Waals surface area contributed by atoms with Crippen LogP contribution in [0.5, 0.6) is 0 Å². The van der Waals surface area contributed by atoms with Crippen LogP contribution in [0.1, 0.15) is 26.2 Å². The minimum atomic E-state index is -1.07. The Morgan fingerprint density at radius 1 is 1.14 bits per heavy atom. The molecule has 8 heteroatoms. The number of hydrogen-bond acceptors (Lipinski definition) is 5. The average Bonchev–Trinajstić information content (AvgIpc) is 2.92. The highest BCUT2D eigenvalue weighted by molar-refractivity contribution is 6.05. The van der Waals surface area contributed by atoms with Crippen molar-refractivity contribution in [2.45, 2.75) is 32.3 Å². The van der Waals surface area contributed by atoms with Crippen LogP contribution < -0.4 is 5.32 Å². The zero-order valence-corrected chi connectivity index (χ0v) is 15.4. The molecule has 3 rings (SSSR count). The van der Waals surface area contributed by atoms with Crippen molar-refractivity contribution < 1.29 is 28.3 Å². The minimum Gasteiger partial charge on any atom is -0.452 e. The molecular weight excluding hydrogens is 367 g/mol. The number of carbonyl (C=O) groups is 4. The van der Waals surface area contributed by atoms with E-state index in [9.17, 15) is 23.6 Å². The van der Waals surface area contributed by atoms with Crippen LogP contribution in [0.15, 0.2) is 36.4 Å². The number of ether oxygens (including phenoxy) is 1. The second-order valence-corrected chi connectivity index (χ2v) is 6.86. The van der Waals surface area contributed by atoms with Crippen molar-refractivity contribution in [2.24, 2.45) is 11.8 Å². The van der Waals surface area contributed by atoms with Gasteiger partial charge in [0.25, 0.3) is 5.91 Å². The molecule has 3 atom stereocenters. The fraction of sp³-hybridized carbons (Fsp3) is 0.400. The Labute approximate surface area is 161 Å². The fourth-order valence-electron chi connectivity index (χ4n) is 3.38. The zero-order chi connectivity index (χ0) is 20.3. The van der Waals surface area contributed by atoms with Gasteiger partial charge in [0.15, 0.2) is 6.10 Å². The van der Waals surface area contributed by atoms with Crippen LogP contribution in [0.4, 0.5) is 10.1 Å². The van der Waals surface area contributed by atoms with Crippen LogP contribution in [0.3, 0.4) is 0 Å². The summed E-state index contributed by atoms with van der Waals surface area (Å²) in [6.07, 6.45) is 3.61. The first kappa shape index (κ1) is 19.7. The summed E-state index contributed by atoms with van der Waals surface area (Å²) in [5.74, 6) is -2.87. The van der Waals surface area contributed by atoms with Crippen LogP contribution in [0.25, 0.3) is 0 Å². The first-order chi connectivity index (χ1) is 13.4. The minimum absolute atomic E-state index is 0.0597. The van der Waals surface area contributed by atoms with Crippen LogP contribution in [0, 0.1) is 17.7 Å².